The van der Waals surface area contributed by atoms with Crippen molar-refractivity contribution < 1.29 is 14.6 Å². The number of ether oxygens (including phenoxy) is 1. The van der Waals surface area contributed by atoms with Crippen LogP contribution in [0.15, 0.2) is 61.2 Å². The summed E-state index contributed by atoms with van der Waals surface area (Å²) in [5.41, 5.74) is 4.11. The van der Waals surface area contributed by atoms with E-state index in [0.29, 0.717) is 35.3 Å². The molecule has 0 saturated carbocycles. The van der Waals surface area contributed by atoms with Crippen molar-refractivity contribution in [3.05, 3.63) is 94.5 Å². The molecule has 1 fully saturated rings. The van der Waals surface area contributed by atoms with Crippen molar-refractivity contribution in [1.82, 2.24) is 33.8 Å². The van der Waals surface area contributed by atoms with E-state index in [2.05, 4.69) is 32.0 Å². The molecule has 226 valence electrons. The molecule has 4 heterocycles. The van der Waals surface area contributed by atoms with Gasteiger partial charge in [-0.2, -0.15) is 10.4 Å². The van der Waals surface area contributed by atoms with Gasteiger partial charge in [-0.1, -0.05) is 11.6 Å². The highest BCUT2D eigenvalue weighted by Crippen LogP contribution is 2.25. The number of aromatic carboxylic acids is 1. The van der Waals surface area contributed by atoms with Gasteiger partial charge in [-0.3, -0.25) is 9.58 Å². The fraction of sp³-hybridized carbons (Fsp3) is 0.344. The van der Waals surface area contributed by atoms with E-state index in [9.17, 15) is 15.2 Å². The van der Waals surface area contributed by atoms with Gasteiger partial charge in [-0.05, 0) is 81.2 Å². The number of benzene rings is 2. The van der Waals surface area contributed by atoms with E-state index in [0.717, 1.165) is 67.3 Å². The summed E-state index contributed by atoms with van der Waals surface area (Å²) in [5, 5.41) is 24.1. The molecule has 44 heavy (non-hydrogen) atoms. The van der Waals surface area contributed by atoms with Gasteiger partial charge in [0.25, 0.3) is 0 Å². The highest BCUT2D eigenvalue weighted by molar-refractivity contribution is 6.30. The molecular weight excluding hydrogens is 580 g/mol. The van der Waals surface area contributed by atoms with Crippen LogP contribution in [0.25, 0.3) is 11.0 Å². The van der Waals surface area contributed by atoms with Crippen molar-refractivity contribution in [3.63, 3.8) is 0 Å². The quantitative estimate of drug-likeness (QED) is 0.215. The van der Waals surface area contributed by atoms with Crippen LogP contribution in [0.1, 0.15) is 52.9 Å². The van der Waals surface area contributed by atoms with Crippen molar-refractivity contribution in [2.75, 3.05) is 13.1 Å². The summed E-state index contributed by atoms with van der Waals surface area (Å²) in [6, 6.07) is 14.2. The van der Waals surface area contributed by atoms with E-state index in [1.54, 1.807) is 36.4 Å². The molecule has 0 bridgehead atoms. The number of nitrogens with zero attached hydrogens (tertiary/aromatic N) is 8. The molecule has 5 aromatic rings. The first-order valence-corrected chi connectivity index (χ1v) is 15.1. The molecule has 1 aliphatic rings. The monoisotopic (exact) mass is 612 g/mol. The van der Waals surface area contributed by atoms with Gasteiger partial charge < -0.3 is 19.0 Å². The van der Waals surface area contributed by atoms with Crippen molar-refractivity contribution in [3.8, 4) is 11.8 Å². The number of hydrogen-bond donors (Lipinski definition) is 1. The number of likely N-dealkylation sites (tertiary alicyclic amines) is 1. The predicted octanol–water partition coefficient (Wildman–Crippen LogP) is 5.21. The Morgan fingerprint density at radius 1 is 1.16 bits per heavy atom. The number of piperidine rings is 1. The average molecular weight is 613 g/mol. The van der Waals surface area contributed by atoms with Crippen molar-refractivity contribution in [2.24, 2.45) is 5.92 Å². The molecule has 3 aromatic heterocycles. The standard InChI is InChI=1S/C32H33ClN8O3/c1-2-39-21-35-16-27(39)18-41-29-14-23(32(42)43)3-5-28(29)36-31(41)19-38-10-7-22(8-11-38)17-40-12-9-26(37-40)20-44-30-6-4-25(33)13-24(30)15-34/h3-6,9,12-14,16,21-22H,2,7-8,10-11,17-20H2,1H3,(H,42,43). The Morgan fingerprint density at radius 2 is 2.00 bits per heavy atom. The molecule has 0 unspecified atom stereocenters. The van der Waals surface area contributed by atoms with Gasteiger partial charge in [0.05, 0.1) is 53.0 Å². The second kappa shape index (κ2) is 12.9. The lowest BCUT2D eigenvalue weighted by molar-refractivity contribution is 0.0697. The zero-order valence-electron chi connectivity index (χ0n) is 24.4. The van der Waals surface area contributed by atoms with E-state index in [4.69, 9.17) is 26.4 Å². The van der Waals surface area contributed by atoms with Crippen LogP contribution in [-0.2, 0) is 32.8 Å². The Labute approximate surface area is 259 Å². The van der Waals surface area contributed by atoms with E-state index in [-0.39, 0.29) is 12.2 Å². The van der Waals surface area contributed by atoms with Crippen LogP contribution in [0.5, 0.6) is 5.75 Å². The lowest BCUT2D eigenvalue weighted by Gasteiger charge is -2.31. The molecule has 0 radical (unpaired) electrons. The fourth-order valence-corrected chi connectivity index (χ4v) is 5.94. The normalized spacial score (nSPS) is 14.2. The van der Waals surface area contributed by atoms with Crippen LogP contribution >= 0.6 is 11.6 Å². The van der Waals surface area contributed by atoms with Crippen molar-refractivity contribution in [2.45, 2.75) is 52.6 Å². The van der Waals surface area contributed by atoms with Crippen molar-refractivity contribution >= 4 is 28.6 Å². The predicted molar refractivity (Wildman–Crippen MR) is 164 cm³/mol. The number of nitriles is 1. The first kappa shape index (κ1) is 29.4. The molecule has 11 nitrogen and oxygen atoms in total. The summed E-state index contributed by atoms with van der Waals surface area (Å²) in [4.78, 5) is 23.4. The lowest BCUT2D eigenvalue weighted by Crippen LogP contribution is -2.35. The average Bonchev–Trinajstić information content (AvgIpc) is 3.76. The van der Waals surface area contributed by atoms with Gasteiger partial charge in [0.2, 0.25) is 0 Å². The first-order chi connectivity index (χ1) is 21.4. The number of rotatable bonds is 11. The van der Waals surface area contributed by atoms with Gasteiger partial charge in [0.1, 0.15) is 24.3 Å². The van der Waals surface area contributed by atoms with Crippen LogP contribution in [0, 0.1) is 17.2 Å². The highest BCUT2D eigenvalue weighted by atomic mass is 35.5. The Kier molecular flexibility index (Phi) is 8.63. The van der Waals surface area contributed by atoms with Gasteiger partial charge in [0, 0.05) is 30.5 Å². The maximum absolute atomic E-state index is 11.7. The van der Waals surface area contributed by atoms with Gasteiger partial charge in [-0.15, -0.1) is 0 Å². The van der Waals surface area contributed by atoms with Gasteiger partial charge >= 0.3 is 5.97 Å². The van der Waals surface area contributed by atoms with Gasteiger partial charge in [0.15, 0.2) is 0 Å². The molecule has 0 amide bonds. The number of aryl methyl sites for hydroxylation is 1. The smallest absolute Gasteiger partial charge is 0.335 e. The summed E-state index contributed by atoms with van der Waals surface area (Å²) in [5.74, 6) is 0.957. The van der Waals surface area contributed by atoms with Crippen LogP contribution in [0.3, 0.4) is 0 Å². The molecule has 0 spiro atoms. The fourth-order valence-electron chi connectivity index (χ4n) is 5.77. The van der Waals surface area contributed by atoms with Crippen LogP contribution in [-0.4, -0.2) is 57.9 Å². The van der Waals surface area contributed by atoms with Crippen LogP contribution in [0.4, 0.5) is 0 Å². The minimum atomic E-state index is -0.951. The third kappa shape index (κ3) is 6.46. The SMILES string of the molecule is CCn1cncc1Cn1c(CN2CCC(Cn3ccc(COc4ccc(Cl)cc4C#N)n3)CC2)nc2ccc(C(=O)O)cc21. The molecule has 0 atom stereocenters. The number of carboxylic acids is 1. The molecular formula is C32H33ClN8O3. The van der Waals surface area contributed by atoms with E-state index in [1.165, 1.54) is 0 Å². The number of carboxylic acid groups (broad SMARTS) is 1. The largest absolute Gasteiger partial charge is 0.486 e. The van der Waals surface area contributed by atoms with Crippen LogP contribution in [0.2, 0.25) is 5.02 Å². The number of hydrogen-bond acceptors (Lipinski definition) is 7. The molecule has 0 aliphatic carbocycles. The summed E-state index contributed by atoms with van der Waals surface area (Å²) >= 11 is 5.98. The van der Waals surface area contributed by atoms with E-state index >= 15 is 0 Å². The zero-order valence-corrected chi connectivity index (χ0v) is 25.2. The maximum Gasteiger partial charge on any atom is 0.335 e. The topological polar surface area (TPSA) is 127 Å². The summed E-state index contributed by atoms with van der Waals surface area (Å²) in [6.45, 7) is 7.11. The zero-order chi connectivity index (χ0) is 30.6. The van der Waals surface area contributed by atoms with Crippen molar-refractivity contribution in [1.29, 1.82) is 5.26 Å². The highest BCUT2D eigenvalue weighted by Gasteiger charge is 2.23. The number of aromatic nitrogens is 6. The molecule has 1 N–H and O–H groups in total. The number of carbonyl (C=O) groups is 1. The summed E-state index contributed by atoms with van der Waals surface area (Å²) in [6.07, 6.45) is 7.73. The van der Waals surface area contributed by atoms with E-state index in [1.807, 2.05) is 29.5 Å². The Balaban J connectivity index is 1.08. The Bertz CT molecular complexity index is 1830. The second-order valence-corrected chi connectivity index (χ2v) is 11.5. The second-order valence-electron chi connectivity index (χ2n) is 11.1. The third-order valence-electron chi connectivity index (χ3n) is 8.18. The number of halogens is 1. The third-order valence-corrected chi connectivity index (χ3v) is 8.42. The number of fused-ring (bicyclic) bond motifs is 1. The maximum atomic E-state index is 11.7. The molecule has 2 aromatic carbocycles. The summed E-state index contributed by atoms with van der Waals surface area (Å²) in [7, 11) is 0. The first-order valence-electron chi connectivity index (χ1n) is 14.7. The molecule has 12 heteroatoms. The molecule has 1 saturated heterocycles. The minimum absolute atomic E-state index is 0.250. The Morgan fingerprint density at radius 3 is 2.77 bits per heavy atom. The lowest BCUT2D eigenvalue weighted by atomic mass is 9.97. The van der Waals surface area contributed by atoms with E-state index < -0.39 is 5.97 Å². The molecule has 6 rings (SSSR count). The number of imidazole rings is 2. The summed E-state index contributed by atoms with van der Waals surface area (Å²) < 4.78 is 12.0. The van der Waals surface area contributed by atoms with Gasteiger partial charge in [-0.25, -0.2) is 14.8 Å². The minimum Gasteiger partial charge on any atom is -0.486 e. The molecule has 1 aliphatic heterocycles. The van der Waals surface area contributed by atoms with Crippen LogP contribution < -0.4 is 4.74 Å². The Hall–Kier alpha value is -4.66.